The fraction of sp³-hybridized carbons (Fsp3) is 0.786. The van der Waals surface area contributed by atoms with Gasteiger partial charge in [-0.2, -0.15) is 0 Å². The van der Waals surface area contributed by atoms with Crippen molar-refractivity contribution < 1.29 is 19.5 Å². The first-order chi connectivity index (χ1) is 9.88. The third kappa shape index (κ3) is 7.08. The van der Waals surface area contributed by atoms with Crippen molar-refractivity contribution in [3.8, 4) is 0 Å². The standard InChI is InChI=1S/C14H25N3O4/c1-9(2)7-16-14(21)17-12(18)8-15-11-5-3-4-10(6-11)13(19)20/h9-11,15H,3-8H2,1-2H3,(H,19,20)(H2,16,17,18,21). The molecular weight excluding hydrogens is 274 g/mol. The number of carbonyl (C=O) groups excluding carboxylic acids is 2. The van der Waals surface area contributed by atoms with Crippen LogP contribution < -0.4 is 16.0 Å². The van der Waals surface area contributed by atoms with E-state index in [9.17, 15) is 14.4 Å². The Balaban J connectivity index is 2.23. The second-order valence-electron chi connectivity index (χ2n) is 5.93. The van der Waals surface area contributed by atoms with E-state index in [1.165, 1.54) is 0 Å². The molecule has 0 saturated heterocycles. The summed E-state index contributed by atoms with van der Waals surface area (Å²) in [6.45, 7) is 4.46. The molecule has 0 bridgehead atoms. The third-order valence-corrected chi connectivity index (χ3v) is 3.50. The molecule has 2 unspecified atom stereocenters. The van der Waals surface area contributed by atoms with E-state index in [0.717, 1.165) is 12.8 Å². The summed E-state index contributed by atoms with van der Waals surface area (Å²) >= 11 is 0. The van der Waals surface area contributed by atoms with Crippen LogP contribution in [0.2, 0.25) is 0 Å². The average molecular weight is 299 g/mol. The molecule has 0 heterocycles. The highest BCUT2D eigenvalue weighted by molar-refractivity contribution is 5.95. The SMILES string of the molecule is CC(C)CNC(=O)NC(=O)CNC1CCCC(C(=O)O)C1. The van der Waals surface area contributed by atoms with Gasteiger partial charge in [0.1, 0.15) is 0 Å². The average Bonchev–Trinajstić information content (AvgIpc) is 2.43. The molecule has 0 aromatic heterocycles. The molecule has 0 aliphatic heterocycles. The van der Waals surface area contributed by atoms with Crippen LogP contribution in [0.25, 0.3) is 0 Å². The summed E-state index contributed by atoms with van der Waals surface area (Å²) in [6, 6.07) is -0.480. The van der Waals surface area contributed by atoms with E-state index in [1.54, 1.807) is 0 Å². The van der Waals surface area contributed by atoms with Gasteiger partial charge in [-0.05, 0) is 25.2 Å². The van der Waals surface area contributed by atoms with Crippen LogP contribution >= 0.6 is 0 Å². The fourth-order valence-corrected chi connectivity index (χ4v) is 2.35. The van der Waals surface area contributed by atoms with Gasteiger partial charge in [-0.3, -0.25) is 14.9 Å². The van der Waals surface area contributed by atoms with E-state index in [4.69, 9.17) is 5.11 Å². The minimum absolute atomic E-state index is 0.0179. The Morgan fingerprint density at radius 2 is 1.95 bits per heavy atom. The molecule has 0 radical (unpaired) electrons. The quantitative estimate of drug-likeness (QED) is 0.577. The largest absolute Gasteiger partial charge is 0.481 e. The van der Waals surface area contributed by atoms with Gasteiger partial charge in [-0.15, -0.1) is 0 Å². The summed E-state index contributed by atoms with van der Waals surface area (Å²) in [6.07, 6.45) is 2.92. The van der Waals surface area contributed by atoms with E-state index in [2.05, 4.69) is 16.0 Å². The maximum Gasteiger partial charge on any atom is 0.321 e. The monoisotopic (exact) mass is 299 g/mol. The molecule has 4 N–H and O–H groups in total. The highest BCUT2D eigenvalue weighted by Gasteiger charge is 2.26. The number of urea groups is 1. The summed E-state index contributed by atoms with van der Waals surface area (Å²) in [4.78, 5) is 34.0. The van der Waals surface area contributed by atoms with Crippen molar-refractivity contribution in [2.45, 2.75) is 45.6 Å². The van der Waals surface area contributed by atoms with Crippen molar-refractivity contribution in [3.05, 3.63) is 0 Å². The van der Waals surface area contributed by atoms with E-state index in [1.807, 2.05) is 13.8 Å². The number of hydrogen-bond donors (Lipinski definition) is 4. The molecule has 0 aromatic rings. The summed E-state index contributed by atoms with van der Waals surface area (Å²) in [5.74, 6) is -1.21. The van der Waals surface area contributed by atoms with Gasteiger partial charge < -0.3 is 15.7 Å². The van der Waals surface area contributed by atoms with Gasteiger partial charge in [0.05, 0.1) is 12.5 Å². The zero-order chi connectivity index (χ0) is 15.8. The second kappa shape index (κ2) is 8.61. The van der Waals surface area contributed by atoms with Gasteiger partial charge in [0.25, 0.3) is 0 Å². The Hall–Kier alpha value is -1.63. The summed E-state index contributed by atoms with van der Waals surface area (Å²) in [5, 5.41) is 16.9. The molecule has 0 spiro atoms. The smallest absolute Gasteiger partial charge is 0.321 e. The predicted molar refractivity (Wildman–Crippen MR) is 77.8 cm³/mol. The minimum Gasteiger partial charge on any atom is -0.481 e. The molecule has 7 nitrogen and oxygen atoms in total. The lowest BCUT2D eigenvalue weighted by Crippen LogP contribution is -2.47. The van der Waals surface area contributed by atoms with Crippen LogP contribution in [0, 0.1) is 11.8 Å². The van der Waals surface area contributed by atoms with E-state index < -0.39 is 17.9 Å². The van der Waals surface area contributed by atoms with Gasteiger partial charge in [-0.25, -0.2) is 4.79 Å². The fourth-order valence-electron chi connectivity index (χ4n) is 2.35. The first-order valence-electron chi connectivity index (χ1n) is 7.42. The van der Waals surface area contributed by atoms with E-state index in [-0.39, 0.29) is 18.5 Å². The molecule has 3 amide bonds. The number of carboxylic acids is 1. The van der Waals surface area contributed by atoms with Crippen molar-refractivity contribution in [1.82, 2.24) is 16.0 Å². The Bertz CT molecular complexity index is 384. The Morgan fingerprint density at radius 3 is 2.57 bits per heavy atom. The van der Waals surface area contributed by atoms with E-state index in [0.29, 0.717) is 25.3 Å². The molecule has 1 aliphatic carbocycles. The molecule has 1 aliphatic rings. The third-order valence-electron chi connectivity index (χ3n) is 3.50. The first kappa shape index (κ1) is 17.4. The number of rotatable bonds is 6. The molecule has 1 rings (SSSR count). The van der Waals surface area contributed by atoms with Crippen LogP contribution in [0.1, 0.15) is 39.5 Å². The number of aliphatic carboxylic acids is 1. The lowest BCUT2D eigenvalue weighted by molar-refractivity contribution is -0.143. The molecule has 1 fully saturated rings. The molecule has 7 heteroatoms. The molecular formula is C14H25N3O4. The normalized spacial score (nSPS) is 21.9. The van der Waals surface area contributed by atoms with Crippen LogP contribution in [-0.2, 0) is 9.59 Å². The lowest BCUT2D eigenvalue weighted by Gasteiger charge is -2.27. The van der Waals surface area contributed by atoms with Crippen LogP contribution in [-0.4, -0.2) is 42.1 Å². The number of amides is 3. The second-order valence-corrected chi connectivity index (χ2v) is 5.93. The summed E-state index contributed by atoms with van der Waals surface area (Å²) < 4.78 is 0. The Labute approximate surface area is 124 Å². The number of carbonyl (C=O) groups is 3. The maximum absolute atomic E-state index is 11.6. The van der Waals surface area contributed by atoms with Gasteiger partial charge >= 0.3 is 12.0 Å². The van der Waals surface area contributed by atoms with Gasteiger partial charge in [0, 0.05) is 12.6 Å². The lowest BCUT2D eigenvalue weighted by atomic mass is 9.86. The number of hydrogen-bond acceptors (Lipinski definition) is 4. The molecule has 0 aromatic carbocycles. The number of nitrogens with one attached hydrogen (secondary N) is 3. The van der Waals surface area contributed by atoms with Gasteiger partial charge in [0.15, 0.2) is 0 Å². The van der Waals surface area contributed by atoms with Crippen LogP contribution in [0.15, 0.2) is 0 Å². The first-order valence-corrected chi connectivity index (χ1v) is 7.42. The summed E-state index contributed by atoms with van der Waals surface area (Å²) in [5.41, 5.74) is 0. The molecule has 21 heavy (non-hydrogen) atoms. The van der Waals surface area contributed by atoms with Crippen molar-refractivity contribution in [3.63, 3.8) is 0 Å². The van der Waals surface area contributed by atoms with Crippen molar-refractivity contribution in [2.24, 2.45) is 11.8 Å². The van der Waals surface area contributed by atoms with Crippen LogP contribution in [0.5, 0.6) is 0 Å². The molecule has 2 atom stereocenters. The Kier molecular flexibility index (Phi) is 7.14. The van der Waals surface area contributed by atoms with Crippen molar-refractivity contribution in [1.29, 1.82) is 0 Å². The van der Waals surface area contributed by atoms with Crippen molar-refractivity contribution in [2.75, 3.05) is 13.1 Å². The number of carboxylic acid groups (broad SMARTS) is 1. The van der Waals surface area contributed by atoms with Crippen molar-refractivity contribution >= 4 is 17.9 Å². The highest BCUT2D eigenvalue weighted by Crippen LogP contribution is 2.24. The van der Waals surface area contributed by atoms with Crippen LogP contribution in [0.3, 0.4) is 0 Å². The zero-order valence-corrected chi connectivity index (χ0v) is 12.6. The summed E-state index contributed by atoms with van der Waals surface area (Å²) in [7, 11) is 0. The molecule has 120 valence electrons. The number of imide groups is 1. The topological polar surface area (TPSA) is 108 Å². The predicted octanol–water partition coefficient (Wildman–Crippen LogP) is 0.701. The maximum atomic E-state index is 11.6. The van der Waals surface area contributed by atoms with Gasteiger partial charge in [-0.1, -0.05) is 20.3 Å². The Morgan fingerprint density at radius 1 is 1.24 bits per heavy atom. The molecule has 1 saturated carbocycles. The van der Waals surface area contributed by atoms with Crippen LogP contribution in [0.4, 0.5) is 4.79 Å². The minimum atomic E-state index is -0.779. The zero-order valence-electron chi connectivity index (χ0n) is 12.6. The van der Waals surface area contributed by atoms with E-state index >= 15 is 0 Å². The highest BCUT2D eigenvalue weighted by atomic mass is 16.4. The van der Waals surface area contributed by atoms with Gasteiger partial charge in [0.2, 0.25) is 5.91 Å².